The number of aromatic nitrogens is 2. The van der Waals surface area contributed by atoms with Crippen LogP contribution >= 0.6 is 11.6 Å². The molecule has 2 rings (SSSR count). The average molecular weight is 352 g/mol. The molecule has 9 nitrogen and oxygen atoms in total. The smallest absolute Gasteiger partial charge is 0.413 e. The van der Waals surface area contributed by atoms with E-state index in [1.807, 2.05) is 0 Å². The molecule has 0 aliphatic rings. The number of nitro groups is 1. The maximum atomic E-state index is 11.4. The molecule has 24 heavy (non-hydrogen) atoms. The number of rotatable bonds is 6. The number of amides is 1. The van der Waals surface area contributed by atoms with E-state index < -0.39 is 16.7 Å². The Balaban J connectivity index is 2.41. The van der Waals surface area contributed by atoms with Gasteiger partial charge in [0.15, 0.2) is 0 Å². The molecule has 1 heterocycles. The predicted octanol–water partition coefficient (Wildman–Crippen LogP) is 3.68. The average Bonchev–Trinajstić information content (AvgIpc) is 2.54. The molecule has 2 N–H and O–H groups in total. The van der Waals surface area contributed by atoms with E-state index in [0.717, 1.165) is 11.1 Å². The van der Waals surface area contributed by atoms with Gasteiger partial charge in [0.25, 0.3) is 0 Å². The number of anilines is 3. The molecular weight excluding hydrogens is 338 g/mol. The van der Waals surface area contributed by atoms with Crippen molar-refractivity contribution in [1.29, 1.82) is 0 Å². The molecule has 1 aromatic heterocycles. The lowest BCUT2D eigenvalue weighted by Crippen LogP contribution is -2.31. The fourth-order valence-corrected chi connectivity index (χ4v) is 2.06. The molecule has 1 amide bonds. The van der Waals surface area contributed by atoms with E-state index in [9.17, 15) is 20.0 Å². The Morgan fingerprint density at radius 3 is 2.62 bits per heavy atom. The van der Waals surface area contributed by atoms with Crippen molar-refractivity contribution in [3.63, 3.8) is 0 Å². The summed E-state index contributed by atoms with van der Waals surface area (Å²) in [5.74, 6) is -0.235. The van der Waals surface area contributed by atoms with E-state index in [0.29, 0.717) is 17.1 Å². The van der Waals surface area contributed by atoms with Gasteiger partial charge in [0, 0.05) is 17.3 Å². The first-order valence-corrected chi connectivity index (χ1v) is 7.34. The summed E-state index contributed by atoms with van der Waals surface area (Å²) in [6.07, 6.45) is 0.135. The number of nitrogens with one attached hydrogen (secondary N) is 1. The topological polar surface area (TPSA) is 121 Å². The standard InChI is InChI=1S/C14H14ClN5O4/c1-2-7-19(14(21)22)12-11(20(23)24)8-16-13(18-12)17-10-5-3-9(15)4-6-10/h3-6,8H,2,7H2,1H3,(H,21,22)(H,16,17,18). The molecule has 0 aliphatic heterocycles. The Bertz CT molecular complexity index is 753. The number of nitrogens with zero attached hydrogens (tertiary/aromatic N) is 4. The van der Waals surface area contributed by atoms with Gasteiger partial charge in [-0.05, 0) is 30.7 Å². The van der Waals surface area contributed by atoms with E-state index in [4.69, 9.17) is 11.6 Å². The first-order chi connectivity index (χ1) is 11.4. The fourth-order valence-electron chi connectivity index (χ4n) is 1.93. The molecule has 0 saturated carbocycles. The predicted molar refractivity (Wildman–Crippen MR) is 89.1 cm³/mol. The summed E-state index contributed by atoms with van der Waals surface area (Å²) in [7, 11) is 0. The van der Waals surface area contributed by atoms with Crippen LogP contribution in [0.2, 0.25) is 5.02 Å². The summed E-state index contributed by atoms with van der Waals surface area (Å²) in [5, 5.41) is 23.8. The van der Waals surface area contributed by atoms with Crippen molar-refractivity contribution >= 4 is 40.8 Å². The van der Waals surface area contributed by atoms with Crippen LogP contribution in [0.3, 0.4) is 0 Å². The maximum Gasteiger partial charge on any atom is 0.413 e. The molecule has 10 heteroatoms. The second kappa shape index (κ2) is 7.55. The number of hydrogen-bond acceptors (Lipinski definition) is 6. The summed E-state index contributed by atoms with van der Waals surface area (Å²) in [6, 6.07) is 6.65. The van der Waals surface area contributed by atoms with Crippen LogP contribution in [0.15, 0.2) is 30.5 Å². The Morgan fingerprint density at radius 2 is 2.08 bits per heavy atom. The molecule has 0 spiro atoms. The molecular formula is C14H14ClN5O4. The number of benzene rings is 1. The highest BCUT2D eigenvalue weighted by Gasteiger charge is 2.26. The minimum absolute atomic E-state index is 0.0419. The first kappa shape index (κ1) is 17.4. The lowest BCUT2D eigenvalue weighted by molar-refractivity contribution is -0.384. The van der Waals surface area contributed by atoms with Crippen molar-refractivity contribution in [2.24, 2.45) is 0 Å². The number of carboxylic acid groups (broad SMARTS) is 1. The summed E-state index contributed by atoms with van der Waals surface area (Å²) in [5.41, 5.74) is 0.129. The zero-order chi connectivity index (χ0) is 17.7. The zero-order valence-corrected chi connectivity index (χ0v) is 13.4. The van der Waals surface area contributed by atoms with Gasteiger partial charge in [-0.3, -0.25) is 15.0 Å². The van der Waals surface area contributed by atoms with E-state index in [2.05, 4.69) is 15.3 Å². The third kappa shape index (κ3) is 4.07. The van der Waals surface area contributed by atoms with E-state index >= 15 is 0 Å². The summed E-state index contributed by atoms with van der Waals surface area (Å²) >= 11 is 5.80. The Morgan fingerprint density at radius 1 is 1.42 bits per heavy atom. The highest BCUT2D eigenvalue weighted by Crippen LogP contribution is 2.27. The molecule has 2 aromatic rings. The third-order valence-electron chi connectivity index (χ3n) is 2.98. The van der Waals surface area contributed by atoms with Crippen LogP contribution in [-0.4, -0.2) is 32.6 Å². The molecule has 0 fully saturated rings. The van der Waals surface area contributed by atoms with Crippen LogP contribution in [-0.2, 0) is 0 Å². The molecule has 1 aromatic carbocycles. The van der Waals surface area contributed by atoms with Gasteiger partial charge in [-0.25, -0.2) is 9.78 Å². The second-order valence-corrected chi connectivity index (χ2v) is 5.16. The van der Waals surface area contributed by atoms with E-state index in [-0.39, 0.29) is 18.3 Å². The van der Waals surface area contributed by atoms with Crippen LogP contribution in [0.1, 0.15) is 13.3 Å². The largest absolute Gasteiger partial charge is 0.465 e. The van der Waals surface area contributed by atoms with Gasteiger partial charge in [-0.2, -0.15) is 4.98 Å². The van der Waals surface area contributed by atoms with Crippen LogP contribution in [0.5, 0.6) is 0 Å². The molecule has 0 atom stereocenters. The lowest BCUT2D eigenvalue weighted by atomic mass is 10.3. The molecule has 0 aliphatic carbocycles. The molecule has 0 saturated heterocycles. The Hall–Kier alpha value is -2.94. The van der Waals surface area contributed by atoms with Crippen LogP contribution in [0.4, 0.5) is 27.9 Å². The van der Waals surface area contributed by atoms with Gasteiger partial charge >= 0.3 is 11.8 Å². The van der Waals surface area contributed by atoms with Crippen LogP contribution in [0, 0.1) is 10.1 Å². The van der Waals surface area contributed by atoms with Gasteiger partial charge in [-0.1, -0.05) is 18.5 Å². The lowest BCUT2D eigenvalue weighted by Gasteiger charge is -2.17. The van der Waals surface area contributed by atoms with Gasteiger partial charge in [-0.15, -0.1) is 0 Å². The second-order valence-electron chi connectivity index (χ2n) is 4.73. The summed E-state index contributed by atoms with van der Waals surface area (Å²) in [6.45, 7) is 1.84. The minimum atomic E-state index is -1.32. The number of hydrogen-bond donors (Lipinski definition) is 2. The highest BCUT2D eigenvalue weighted by molar-refractivity contribution is 6.30. The summed E-state index contributed by atoms with van der Waals surface area (Å²) in [4.78, 5) is 30.5. The monoisotopic (exact) mass is 351 g/mol. The molecule has 0 unspecified atom stereocenters. The summed E-state index contributed by atoms with van der Waals surface area (Å²) < 4.78 is 0. The minimum Gasteiger partial charge on any atom is -0.465 e. The first-order valence-electron chi connectivity index (χ1n) is 6.97. The van der Waals surface area contributed by atoms with Gasteiger partial charge in [0.05, 0.1) is 4.92 Å². The van der Waals surface area contributed by atoms with Gasteiger partial charge in [0.1, 0.15) is 6.20 Å². The van der Waals surface area contributed by atoms with Crippen molar-refractivity contribution in [1.82, 2.24) is 9.97 Å². The molecule has 0 radical (unpaired) electrons. The van der Waals surface area contributed by atoms with Crippen LogP contribution < -0.4 is 10.2 Å². The number of halogens is 1. The normalized spacial score (nSPS) is 10.2. The van der Waals surface area contributed by atoms with Crippen molar-refractivity contribution in [3.8, 4) is 0 Å². The van der Waals surface area contributed by atoms with Crippen LogP contribution in [0.25, 0.3) is 0 Å². The Labute approximate surface area is 142 Å². The van der Waals surface area contributed by atoms with Gasteiger partial charge in [0.2, 0.25) is 11.8 Å². The van der Waals surface area contributed by atoms with Crippen molar-refractivity contribution in [2.75, 3.05) is 16.8 Å². The quantitative estimate of drug-likeness (QED) is 0.601. The van der Waals surface area contributed by atoms with Gasteiger partial charge < -0.3 is 10.4 Å². The fraction of sp³-hybridized carbons (Fsp3) is 0.214. The zero-order valence-electron chi connectivity index (χ0n) is 12.6. The SMILES string of the molecule is CCCN(C(=O)O)c1nc(Nc2ccc(Cl)cc2)ncc1[N+](=O)[O-]. The molecule has 0 bridgehead atoms. The number of carbonyl (C=O) groups is 1. The van der Waals surface area contributed by atoms with Crippen molar-refractivity contribution < 1.29 is 14.8 Å². The van der Waals surface area contributed by atoms with E-state index in [1.165, 1.54) is 0 Å². The van der Waals surface area contributed by atoms with E-state index in [1.54, 1.807) is 31.2 Å². The Kier molecular flexibility index (Phi) is 5.48. The third-order valence-corrected chi connectivity index (χ3v) is 3.23. The van der Waals surface area contributed by atoms with Crippen molar-refractivity contribution in [2.45, 2.75) is 13.3 Å². The molecule has 126 valence electrons. The van der Waals surface area contributed by atoms with Crippen molar-refractivity contribution in [3.05, 3.63) is 45.6 Å². The highest BCUT2D eigenvalue weighted by atomic mass is 35.5. The maximum absolute atomic E-state index is 11.4.